The Morgan fingerprint density at radius 3 is 2.59 bits per heavy atom. The summed E-state index contributed by atoms with van der Waals surface area (Å²) in [5, 5.41) is 17.2. The molecule has 4 nitrogen and oxygen atoms in total. The van der Waals surface area contributed by atoms with E-state index in [2.05, 4.69) is 10.4 Å². The second-order valence-corrected chi connectivity index (χ2v) is 4.15. The molecular weight excluding hydrogens is 214 g/mol. The minimum atomic E-state index is 0.336. The maximum absolute atomic E-state index is 9.61. The van der Waals surface area contributed by atoms with Crippen molar-refractivity contribution in [1.82, 2.24) is 15.1 Å². The first-order valence-electron chi connectivity index (χ1n) is 5.63. The fourth-order valence-electron chi connectivity index (χ4n) is 1.81. The number of hydrogen-bond acceptors (Lipinski definition) is 3. The Kier molecular flexibility index (Phi) is 3.44. The zero-order valence-electron chi connectivity index (χ0n) is 10.1. The van der Waals surface area contributed by atoms with Gasteiger partial charge in [0.25, 0.3) is 0 Å². The number of nitrogens with zero attached hydrogens (tertiary/aromatic N) is 2. The fourth-order valence-corrected chi connectivity index (χ4v) is 1.81. The van der Waals surface area contributed by atoms with E-state index in [9.17, 15) is 5.11 Å². The van der Waals surface area contributed by atoms with Crippen LogP contribution in [0.1, 0.15) is 16.8 Å². The molecule has 2 N–H and O–H groups in total. The Morgan fingerprint density at radius 1 is 1.24 bits per heavy atom. The quantitative estimate of drug-likeness (QED) is 0.842. The van der Waals surface area contributed by atoms with Crippen molar-refractivity contribution < 1.29 is 5.11 Å². The molecule has 4 heteroatoms. The van der Waals surface area contributed by atoms with E-state index in [0.717, 1.165) is 17.8 Å². The van der Waals surface area contributed by atoms with Crippen molar-refractivity contribution in [2.45, 2.75) is 20.0 Å². The molecule has 17 heavy (non-hydrogen) atoms. The number of aromatic hydroxyl groups is 1. The van der Waals surface area contributed by atoms with Crippen LogP contribution in [0, 0.1) is 6.92 Å². The zero-order chi connectivity index (χ0) is 12.3. The van der Waals surface area contributed by atoms with Crippen molar-refractivity contribution in [2.24, 2.45) is 7.05 Å². The Balaban J connectivity index is 1.92. The predicted octanol–water partition coefficient (Wildman–Crippen LogP) is 1.72. The van der Waals surface area contributed by atoms with Gasteiger partial charge in [-0.15, -0.1) is 0 Å². The van der Waals surface area contributed by atoms with Gasteiger partial charge in [0.2, 0.25) is 0 Å². The van der Waals surface area contributed by atoms with Gasteiger partial charge in [0, 0.05) is 37.5 Å². The van der Waals surface area contributed by atoms with Crippen LogP contribution in [0.15, 0.2) is 30.5 Å². The van der Waals surface area contributed by atoms with Crippen LogP contribution in [0.25, 0.3) is 0 Å². The molecule has 0 fully saturated rings. The van der Waals surface area contributed by atoms with Crippen LogP contribution < -0.4 is 5.32 Å². The van der Waals surface area contributed by atoms with Crippen LogP contribution in [0.4, 0.5) is 0 Å². The third-order valence-electron chi connectivity index (χ3n) is 2.74. The number of nitrogens with one attached hydrogen (secondary N) is 1. The summed E-state index contributed by atoms with van der Waals surface area (Å²) in [6.45, 7) is 3.41. The highest BCUT2D eigenvalue weighted by atomic mass is 16.3. The summed E-state index contributed by atoms with van der Waals surface area (Å²) in [6.07, 6.45) is 2.01. The van der Waals surface area contributed by atoms with E-state index < -0.39 is 0 Å². The molecule has 90 valence electrons. The Morgan fingerprint density at radius 2 is 1.94 bits per heavy atom. The lowest BCUT2D eigenvalue weighted by atomic mass is 10.2. The number of para-hydroxylation sites is 1. The van der Waals surface area contributed by atoms with Crippen molar-refractivity contribution in [3.05, 3.63) is 47.3 Å². The smallest absolute Gasteiger partial charge is 0.120 e. The second kappa shape index (κ2) is 5.01. The number of phenols is 1. The molecule has 0 spiro atoms. The number of rotatable bonds is 4. The Labute approximate surface area is 101 Å². The molecule has 2 rings (SSSR count). The first-order chi connectivity index (χ1) is 8.16. The van der Waals surface area contributed by atoms with Gasteiger partial charge < -0.3 is 10.4 Å². The van der Waals surface area contributed by atoms with Crippen molar-refractivity contribution >= 4 is 0 Å². The topological polar surface area (TPSA) is 50.1 Å². The first-order valence-corrected chi connectivity index (χ1v) is 5.63. The van der Waals surface area contributed by atoms with Gasteiger partial charge in [0.15, 0.2) is 0 Å². The zero-order valence-corrected chi connectivity index (χ0v) is 10.1. The lowest BCUT2D eigenvalue weighted by Crippen LogP contribution is -2.13. The largest absolute Gasteiger partial charge is 0.508 e. The summed E-state index contributed by atoms with van der Waals surface area (Å²) in [5.74, 6) is 0.336. The van der Waals surface area contributed by atoms with Gasteiger partial charge in [-0.1, -0.05) is 18.2 Å². The SMILES string of the molecule is Cc1nn(C)cc1CNCc1ccccc1O. The van der Waals surface area contributed by atoms with Crippen LogP contribution in [0.2, 0.25) is 0 Å². The molecule has 0 atom stereocenters. The number of aromatic nitrogens is 2. The van der Waals surface area contributed by atoms with E-state index >= 15 is 0 Å². The van der Waals surface area contributed by atoms with Crippen LogP contribution in [-0.4, -0.2) is 14.9 Å². The lowest BCUT2D eigenvalue weighted by molar-refractivity contribution is 0.464. The summed E-state index contributed by atoms with van der Waals surface area (Å²) >= 11 is 0. The summed E-state index contributed by atoms with van der Waals surface area (Å²) in [5.41, 5.74) is 3.13. The molecule has 0 aliphatic rings. The van der Waals surface area contributed by atoms with Crippen molar-refractivity contribution in [3.63, 3.8) is 0 Å². The van der Waals surface area contributed by atoms with E-state index in [-0.39, 0.29) is 0 Å². The van der Waals surface area contributed by atoms with E-state index in [1.165, 1.54) is 5.56 Å². The fraction of sp³-hybridized carbons (Fsp3) is 0.308. The van der Waals surface area contributed by atoms with Gasteiger partial charge in [-0.25, -0.2) is 0 Å². The van der Waals surface area contributed by atoms with Crippen LogP contribution >= 0.6 is 0 Å². The lowest BCUT2D eigenvalue weighted by Gasteiger charge is -2.05. The normalized spacial score (nSPS) is 10.7. The highest BCUT2D eigenvalue weighted by molar-refractivity contribution is 5.31. The number of aryl methyl sites for hydroxylation is 2. The Bertz CT molecular complexity index is 505. The summed E-state index contributed by atoms with van der Waals surface area (Å²) in [4.78, 5) is 0. The molecule has 0 unspecified atom stereocenters. The minimum Gasteiger partial charge on any atom is -0.508 e. The van der Waals surface area contributed by atoms with E-state index in [4.69, 9.17) is 0 Å². The van der Waals surface area contributed by atoms with Crippen molar-refractivity contribution in [1.29, 1.82) is 0 Å². The minimum absolute atomic E-state index is 0.336. The van der Waals surface area contributed by atoms with Gasteiger partial charge in [0.1, 0.15) is 5.75 Å². The van der Waals surface area contributed by atoms with Crippen LogP contribution in [-0.2, 0) is 20.1 Å². The monoisotopic (exact) mass is 231 g/mol. The van der Waals surface area contributed by atoms with Gasteiger partial charge in [-0.2, -0.15) is 5.10 Å². The average molecular weight is 231 g/mol. The molecule has 0 aliphatic carbocycles. The molecule has 1 aromatic carbocycles. The number of hydrogen-bond donors (Lipinski definition) is 2. The molecule has 0 saturated heterocycles. The maximum atomic E-state index is 9.61. The molecule has 2 aromatic rings. The highest BCUT2D eigenvalue weighted by Gasteiger charge is 2.03. The van der Waals surface area contributed by atoms with Gasteiger partial charge >= 0.3 is 0 Å². The van der Waals surface area contributed by atoms with Crippen molar-refractivity contribution in [2.75, 3.05) is 0 Å². The number of benzene rings is 1. The molecular formula is C13H17N3O. The van der Waals surface area contributed by atoms with Crippen molar-refractivity contribution in [3.8, 4) is 5.75 Å². The van der Waals surface area contributed by atoms with Gasteiger partial charge in [0.05, 0.1) is 5.69 Å². The van der Waals surface area contributed by atoms with Crippen LogP contribution in [0.5, 0.6) is 5.75 Å². The third kappa shape index (κ3) is 2.85. The predicted molar refractivity (Wildman–Crippen MR) is 66.6 cm³/mol. The molecule has 0 radical (unpaired) electrons. The average Bonchev–Trinajstić information content (AvgIpc) is 2.60. The maximum Gasteiger partial charge on any atom is 0.120 e. The van der Waals surface area contributed by atoms with Gasteiger partial charge in [-0.3, -0.25) is 4.68 Å². The van der Waals surface area contributed by atoms with E-state index in [0.29, 0.717) is 12.3 Å². The second-order valence-electron chi connectivity index (χ2n) is 4.15. The Hall–Kier alpha value is -1.81. The number of phenolic OH excluding ortho intramolecular Hbond substituents is 1. The molecule has 0 amide bonds. The van der Waals surface area contributed by atoms with E-state index in [1.807, 2.05) is 43.0 Å². The first kappa shape index (κ1) is 11.7. The van der Waals surface area contributed by atoms with Gasteiger partial charge in [-0.05, 0) is 13.0 Å². The molecule has 0 bridgehead atoms. The highest BCUT2D eigenvalue weighted by Crippen LogP contribution is 2.15. The standard InChI is InChI=1S/C13H17N3O/c1-10-12(9-16(2)15-10)8-14-7-11-5-3-4-6-13(11)17/h3-6,9,14,17H,7-8H2,1-2H3. The third-order valence-corrected chi connectivity index (χ3v) is 2.74. The summed E-state index contributed by atoms with van der Waals surface area (Å²) in [6, 6.07) is 7.36. The summed E-state index contributed by atoms with van der Waals surface area (Å²) < 4.78 is 1.81. The molecule has 0 aliphatic heterocycles. The molecule has 1 aromatic heterocycles. The molecule has 0 saturated carbocycles. The molecule has 1 heterocycles. The van der Waals surface area contributed by atoms with E-state index in [1.54, 1.807) is 6.07 Å². The summed E-state index contributed by atoms with van der Waals surface area (Å²) in [7, 11) is 1.92. The van der Waals surface area contributed by atoms with Crippen LogP contribution in [0.3, 0.4) is 0 Å².